The molecule has 0 aromatic carbocycles. The average Bonchev–Trinajstić information content (AvgIpc) is 3.33. The van der Waals surface area contributed by atoms with Gasteiger partial charge in [0.25, 0.3) is 0 Å². The first kappa shape index (κ1) is 63.1. The lowest BCUT2D eigenvalue weighted by atomic mass is 10.1. The van der Waals surface area contributed by atoms with Crippen LogP contribution in [0.15, 0.2) is 109 Å². The third kappa shape index (κ3) is 52.9. The van der Waals surface area contributed by atoms with E-state index in [2.05, 4.69) is 130 Å². The summed E-state index contributed by atoms with van der Waals surface area (Å²) in [6.07, 6.45) is 73.6. The summed E-state index contributed by atoms with van der Waals surface area (Å²) in [5.41, 5.74) is 0. The van der Waals surface area contributed by atoms with Gasteiger partial charge in [0.15, 0.2) is 6.10 Å². The number of ether oxygens (including phenoxy) is 3. The van der Waals surface area contributed by atoms with E-state index in [0.717, 1.165) is 122 Å². The minimum absolute atomic E-state index is 0.105. The zero-order chi connectivity index (χ0) is 48.6. The van der Waals surface area contributed by atoms with Crippen LogP contribution in [-0.2, 0) is 28.6 Å². The Kier molecular flexibility index (Phi) is 51.5. The molecule has 0 saturated heterocycles. The molecular formula is C61H100O6. The first-order valence-corrected chi connectivity index (χ1v) is 27.4. The van der Waals surface area contributed by atoms with Crippen LogP contribution in [-0.4, -0.2) is 37.2 Å². The third-order valence-electron chi connectivity index (χ3n) is 11.2. The first-order chi connectivity index (χ1) is 33.0. The second-order valence-electron chi connectivity index (χ2n) is 17.7. The van der Waals surface area contributed by atoms with Gasteiger partial charge in [0.2, 0.25) is 0 Å². The maximum atomic E-state index is 12.8. The van der Waals surface area contributed by atoms with Gasteiger partial charge in [-0.3, -0.25) is 14.4 Å². The highest BCUT2D eigenvalue weighted by molar-refractivity contribution is 5.71. The molecule has 0 aliphatic heterocycles. The Morgan fingerprint density at radius 3 is 0.940 bits per heavy atom. The minimum Gasteiger partial charge on any atom is -0.462 e. The average molecular weight is 929 g/mol. The van der Waals surface area contributed by atoms with Crippen molar-refractivity contribution in [2.45, 2.75) is 245 Å². The summed E-state index contributed by atoms with van der Waals surface area (Å²) in [5, 5.41) is 0. The number of carbonyl (C=O) groups excluding carboxylic acids is 3. The van der Waals surface area contributed by atoms with E-state index in [1.807, 2.05) is 0 Å². The summed E-state index contributed by atoms with van der Waals surface area (Å²) >= 11 is 0. The quantitative estimate of drug-likeness (QED) is 0.0262. The molecule has 0 bridgehead atoms. The van der Waals surface area contributed by atoms with E-state index in [1.54, 1.807) is 0 Å². The normalized spacial score (nSPS) is 12.9. The van der Waals surface area contributed by atoms with E-state index in [0.29, 0.717) is 12.8 Å². The molecule has 0 amide bonds. The van der Waals surface area contributed by atoms with Crippen molar-refractivity contribution in [3.63, 3.8) is 0 Å². The highest BCUT2D eigenvalue weighted by Crippen LogP contribution is 2.13. The Morgan fingerprint density at radius 2 is 0.582 bits per heavy atom. The molecule has 1 unspecified atom stereocenters. The van der Waals surface area contributed by atoms with Crippen molar-refractivity contribution in [1.82, 2.24) is 0 Å². The summed E-state index contributed by atoms with van der Waals surface area (Å²) in [6, 6.07) is 0. The fraction of sp³-hybridized carbons (Fsp3) is 0.656. The third-order valence-corrected chi connectivity index (χ3v) is 11.2. The summed E-state index contributed by atoms with van der Waals surface area (Å²) in [6.45, 7) is 6.35. The van der Waals surface area contributed by atoms with Gasteiger partial charge in [-0.15, -0.1) is 0 Å². The molecule has 0 rings (SSSR count). The van der Waals surface area contributed by atoms with Crippen molar-refractivity contribution in [2.75, 3.05) is 13.2 Å². The fourth-order valence-electron chi connectivity index (χ4n) is 7.18. The highest BCUT2D eigenvalue weighted by Gasteiger charge is 2.19. The van der Waals surface area contributed by atoms with Crippen molar-refractivity contribution >= 4 is 17.9 Å². The Morgan fingerprint density at radius 1 is 0.313 bits per heavy atom. The van der Waals surface area contributed by atoms with Gasteiger partial charge in [-0.25, -0.2) is 0 Å². The van der Waals surface area contributed by atoms with Gasteiger partial charge < -0.3 is 14.2 Å². The second-order valence-corrected chi connectivity index (χ2v) is 17.7. The maximum Gasteiger partial charge on any atom is 0.306 e. The molecule has 0 aromatic rings. The zero-order valence-electron chi connectivity index (χ0n) is 43.4. The molecule has 67 heavy (non-hydrogen) atoms. The smallest absolute Gasteiger partial charge is 0.306 e. The predicted octanol–water partition coefficient (Wildman–Crippen LogP) is 18.3. The van der Waals surface area contributed by atoms with E-state index < -0.39 is 6.10 Å². The number of rotatable bonds is 48. The Balaban J connectivity index is 4.51. The molecule has 6 heteroatoms. The van der Waals surface area contributed by atoms with Gasteiger partial charge in [0.1, 0.15) is 13.2 Å². The molecule has 0 heterocycles. The van der Waals surface area contributed by atoms with Gasteiger partial charge in [-0.1, -0.05) is 207 Å². The lowest BCUT2D eigenvalue weighted by Gasteiger charge is -2.18. The van der Waals surface area contributed by atoms with E-state index in [4.69, 9.17) is 14.2 Å². The van der Waals surface area contributed by atoms with Gasteiger partial charge in [0.05, 0.1) is 0 Å². The molecule has 0 aliphatic carbocycles. The molecule has 0 aromatic heterocycles. The molecule has 380 valence electrons. The first-order valence-electron chi connectivity index (χ1n) is 27.4. The lowest BCUT2D eigenvalue weighted by Crippen LogP contribution is -2.30. The van der Waals surface area contributed by atoms with Crippen molar-refractivity contribution < 1.29 is 28.6 Å². The molecule has 0 N–H and O–H groups in total. The molecule has 0 aliphatic rings. The van der Waals surface area contributed by atoms with Crippen molar-refractivity contribution in [3.05, 3.63) is 109 Å². The molecule has 0 radical (unpaired) electrons. The molecule has 0 fully saturated rings. The van der Waals surface area contributed by atoms with Crippen molar-refractivity contribution in [2.24, 2.45) is 0 Å². The monoisotopic (exact) mass is 929 g/mol. The van der Waals surface area contributed by atoms with Crippen LogP contribution in [0.3, 0.4) is 0 Å². The number of hydrogen-bond donors (Lipinski definition) is 0. The van der Waals surface area contributed by atoms with Crippen LogP contribution in [0.25, 0.3) is 0 Å². The number of allylic oxidation sites excluding steroid dienone is 18. The van der Waals surface area contributed by atoms with E-state index in [1.165, 1.54) is 77.0 Å². The maximum absolute atomic E-state index is 12.8. The van der Waals surface area contributed by atoms with Crippen LogP contribution in [0.1, 0.15) is 239 Å². The van der Waals surface area contributed by atoms with Gasteiger partial charge >= 0.3 is 17.9 Å². The van der Waals surface area contributed by atoms with Crippen LogP contribution < -0.4 is 0 Å². The van der Waals surface area contributed by atoms with E-state index >= 15 is 0 Å². The minimum atomic E-state index is -0.812. The Labute approximate surface area is 412 Å². The largest absolute Gasteiger partial charge is 0.462 e. The summed E-state index contributed by atoms with van der Waals surface area (Å²) < 4.78 is 16.8. The van der Waals surface area contributed by atoms with Crippen LogP contribution in [0, 0.1) is 0 Å². The Bertz CT molecular complexity index is 1390. The lowest BCUT2D eigenvalue weighted by molar-refractivity contribution is -0.167. The topological polar surface area (TPSA) is 78.9 Å². The number of unbranched alkanes of at least 4 members (excludes halogenated alkanes) is 19. The van der Waals surface area contributed by atoms with E-state index in [-0.39, 0.29) is 37.5 Å². The van der Waals surface area contributed by atoms with Crippen LogP contribution in [0.5, 0.6) is 0 Å². The van der Waals surface area contributed by atoms with E-state index in [9.17, 15) is 14.4 Å². The number of hydrogen-bond acceptors (Lipinski definition) is 6. The fourth-order valence-corrected chi connectivity index (χ4v) is 7.18. The Hall–Kier alpha value is -3.93. The molecule has 0 saturated carbocycles. The summed E-state index contributed by atoms with van der Waals surface area (Å²) in [4.78, 5) is 38.1. The van der Waals surface area contributed by atoms with Crippen molar-refractivity contribution in [3.8, 4) is 0 Å². The van der Waals surface area contributed by atoms with Crippen LogP contribution in [0.4, 0.5) is 0 Å². The van der Waals surface area contributed by atoms with Crippen LogP contribution in [0.2, 0.25) is 0 Å². The van der Waals surface area contributed by atoms with Gasteiger partial charge in [-0.2, -0.15) is 0 Å². The highest BCUT2D eigenvalue weighted by atomic mass is 16.6. The summed E-state index contributed by atoms with van der Waals surface area (Å²) in [7, 11) is 0. The molecule has 6 nitrogen and oxygen atoms in total. The number of esters is 3. The summed E-state index contributed by atoms with van der Waals surface area (Å²) in [5.74, 6) is -0.975. The molecular weight excluding hydrogens is 829 g/mol. The van der Waals surface area contributed by atoms with Gasteiger partial charge in [0, 0.05) is 19.3 Å². The molecule has 1 atom stereocenters. The van der Waals surface area contributed by atoms with Crippen molar-refractivity contribution in [1.29, 1.82) is 0 Å². The van der Waals surface area contributed by atoms with Gasteiger partial charge in [-0.05, 0) is 122 Å². The predicted molar refractivity (Wildman–Crippen MR) is 288 cm³/mol. The number of carbonyl (C=O) groups is 3. The molecule has 0 spiro atoms. The standard InChI is InChI=1S/C61H100O6/c1-4-7-10-13-16-19-22-25-28-31-34-36-39-42-45-48-51-54-60(63)66-57-58(67-61(64)55-52-49-46-43-40-37-33-30-27-24-21-18-15-12-9-6-3)56-65-59(62)53-50-47-44-41-38-35-32-29-26-23-20-17-14-11-8-5-2/h8-9,11-12,17-18,20-21,25-30,35,37-38,40,58H,4-7,10,13-16,19,22-24,31-34,36,39,41-57H2,1-3H3/b11-8-,12-9-,20-17-,21-18-,28-25-,29-26-,30-27-,38-35-,40-37-. The second kappa shape index (κ2) is 54.7. The SMILES string of the molecule is CC/C=C\C/C=C\C/C=C\C/C=C\CCCCCC(=O)OCC(COC(=O)CCCCCCCCC/C=C\CCCCCCCC)OC(=O)CCCCC/C=C\C/C=C\C/C=C\C/C=C\CC. The zero-order valence-corrected chi connectivity index (χ0v) is 43.4. The van der Waals surface area contributed by atoms with Crippen LogP contribution >= 0.6 is 0 Å².